The summed E-state index contributed by atoms with van der Waals surface area (Å²) < 4.78 is 18.2. The van der Waals surface area contributed by atoms with Crippen molar-refractivity contribution in [3.8, 4) is 11.8 Å². The Kier molecular flexibility index (Phi) is 3.81. The van der Waals surface area contributed by atoms with Crippen molar-refractivity contribution < 1.29 is 13.9 Å². The Morgan fingerprint density at radius 1 is 1.67 bits per heavy atom. The van der Waals surface area contributed by atoms with E-state index < -0.39 is 11.6 Å². The second-order valence-corrected chi connectivity index (χ2v) is 3.26. The summed E-state index contributed by atoms with van der Waals surface area (Å²) >= 11 is 2.95. The first-order valence-corrected chi connectivity index (χ1v) is 5.13. The molecule has 0 saturated heterocycles. The summed E-state index contributed by atoms with van der Waals surface area (Å²) in [6.45, 7) is 0. The predicted molar refractivity (Wildman–Crippen MR) is 55.8 cm³/mol. The lowest BCUT2D eigenvalue weighted by Gasteiger charge is -2.05. The number of rotatable bonds is 3. The van der Waals surface area contributed by atoms with Gasteiger partial charge < -0.3 is 4.74 Å². The Morgan fingerprint density at radius 2 is 2.33 bits per heavy atom. The normalized spacial score (nSPS) is 9.47. The number of halogens is 2. The van der Waals surface area contributed by atoms with E-state index in [0.717, 1.165) is 6.07 Å². The monoisotopic (exact) mass is 271 g/mol. The lowest BCUT2D eigenvalue weighted by atomic mass is 10.1. The molecule has 0 aliphatic rings. The molecule has 0 N–H and O–H groups in total. The van der Waals surface area contributed by atoms with Crippen LogP contribution >= 0.6 is 15.9 Å². The Bertz CT molecular complexity index is 440. The first-order valence-electron chi connectivity index (χ1n) is 4.00. The molecule has 1 aromatic carbocycles. The molecule has 0 aliphatic carbocycles. The van der Waals surface area contributed by atoms with Gasteiger partial charge in [-0.15, -0.1) is 0 Å². The average molecular weight is 272 g/mol. The second kappa shape index (κ2) is 4.89. The van der Waals surface area contributed by atoms with E-state index in [1.54, 1.807) is 6.07 Å². The van der Waals surface area contributed by atoms with Gasteiger partial charge in [-0.2, -0.15) is 5.26 Å². The minimum atomic E-state index is -0.711. The number of ketones is 1. The molecule has 0 unspecified atom stereocenters. The molecule has 0 atom stereocenters. The smallest absolute Gasteiger partial charge is 0.176 e. The first-order chi connectivity index (χ1) is 7.13. The quantitative estimate of drug-likeness (QED) is 0.626. The molecule has 0 heterocycles. The van der Waals surface area contributed by atoms with Crippen LogP contribution in [0.1, 0.15) is 15.9 Å². The third-order valence-electron chi connectivity index (χ3n) is 1.83. The molecule has 0 aliphatic heterocycles. The average Bonchev–Trinajstić information content (AvgIpc) is 2.27. The van der Waals surface area contributed by atoms with Crippen LogP contribution in [0.25, 0.3) is 0 Å². The van der Waals surface area contributed by atoms with Crippen LogP contribution in [0.2, 0.25) is 0 Å². The van der Waals surface area contributed by atoms with E-state index in [2.05, 4.69) is 15.9 Å². The van der Waals surface area contributed by atoms with E-state index in [0.29, 0.717) is 0 Å². The standard InChI is InChI=1S/C10H7BrFNO2/c1-15-10-3-7(9(14)4-11)8(12)2-6(10)5-13/h2-3H,4H2,1H3. The van der Waals surface area contributed by atoms with Gasteiger partial charge >= 0.3 is 0 Å². The molecule has 1 rings (SSSR count). The minimum Gasteiger partial charge on any atom is -0.495 e. The topological polar surface area (TPSA) is 50.1 Å². The number of nitrogens with zero attached hydrogens (tertiary/aromatic N) is 1. The molecule has 0 bridgehead atoms. The van der Waals surface area contributed by atoms with Gasteiger partial charge in [0, 0.05) is 0 Å². The zero-order valence-corrected chi connectivity index (χ0v) is 9.47. The van der Waals surface area contributed by atoms with Crippen molar-refractivity contribution in [1.82, 2.24) is 0 Å². The van der Waals surface area contributed by atoms with Crippen molar-refractivity contribution in [2.24, 2.45) is 0 Å². The lowest BCUT2D eigenvalue weighted by Crippen LogP contribution is -2.05. The number of hydrogen-bond acceptors (Lipinski definition) is 3. The maximum atomic E-state index is 13.3. The molecule has 78 valence electrons. The van der Waals surface area contributed by atoms with Crippen molar-refractivity contribution in [1.29, 1.82) is 5.26 Å². The third kappa shape index (κ3) is 2.34. The molecule has 3 nitrogen and oxygen atoms in total. The van der Waals surface area contributed by atoms with Crippen LogP contribution in [-0.2, 0) is 0 Å². The highest BCUT2D eigenvalue weighted by Crippen LogP contribution is 2.22. The van der Waals surface area contributed by atoms with Gasteiger partial charge in [-0.1, -0.05) is 15.9 Å². The van der Waals surface area contributed by atoms with Gasteiger partial charge in [0.1, 0.15) is 17.6 Å². The summed E-state index contributed by atoms with van der Waals surface area (Å²) in [6.07, 6.45) is 0. The molecule has 15 heavy (non-hydrogen) atoms. The molecular formula is C10H7BrFNO2. The van der Waals surface area contributed by atoms with E-state index in [4.69, 9.17) is 10.00 Å². The maximum Gasteiger partial charge on any atom is 0.176 e. The van der Waals surface area contributed by atoms with Crippen molar-refractivity contribution in [3.05, 3.63) is 29.1 Å². The van der Waals surface area contributed by atoms with Crippen LogP contribution in [0.3, 0.4) is 0 Å². The minimum absolute atomic E-state index is 0.0268. The summed E-state index contributed by atoms with van der Waals surface area (Å²) in [5, 5.41) is 8.70. The van der Waals surface area contributed by atoms with E-state index >= 15 is 0 Å². The predicted octanol–water partition coefficient (Wildman–Crippen LogP) is 2.28. The van der Waals surface area contributed by atoms with Crippen LogP contribution < -0.4 is 4.74 Å². The molecule has 0 aromatic heterocycles. The Morgan fingerprint density at radius 3 is 2.80 bits per heavy atom. The van der Waals surface area contributed by atoms with E-state index in [9.17, 15) is 9.18 Å². The van der Waals surface area contributed by atoms with Crippen LogP contribution in [-0.4, -0.2) is 18.2 Å². The number of alkyl halides is 1. The highest BCUT2D eigenvalue weighted by atomic mass is 79.9. The number of carbonyl (C=O) groups excluding carboxylic acids is 1. The third-order valence-corrected chi connectivity index (χ3v) is 2.34. The number of hydrogen-bond donors (Lipinski definition) is 0. The van der Waals surface area contributed by atoms with Crippen LogP contribution in [0.5, 0.6) is 5.75 Å². The fourth-order valence-electron chi connectivity index (χ4n) is 1.10. The van der Waals surface area contributed by atoms with E-state index in [1.807, 2.05) is 0 Å². The van der Waals surface area contributed by atoms with Crippen LogP contribution in [0.4, 0.5) is 4.39 Å². The lowest BCUT2D eigenvalue weighted by molar-refractivity contribution is 0.101. The number of carbonyl (C=O) groups is 1. The largest absolute Gasteiger partial charge is 0.495 e. The van der Waals surface area contributed by atoms with Gasteiger partial charge in [-0.05, 0) is 12.1 Å². The summed E-state index contributed by atoms with van der Waals surface area (Å²) in [6, 6.07) is 4.01. The van der Waals surface area contributed by atoms with Crippen LogP contribution in [0, 0.1) is 17.1 Å². The van der Waals surface area contributed by atoms with E-state index in [1.165, 1.54) is 13.2 Å². The highest BCUT2D eigenvalue weighted by molar-refractivity contribution is 9.09. The van der Waals surface area contributed by atoms with Gasteiger partial charge in [-0.3, -0.25) is 4.79 Å². The Balaban J connectivity index is 3.33. The Labute approximate surface area is 94.6 Å². The molecular weight excluding hydrogens is 265 g/mol. The zero-order chi connectivity index (χ0) is 11.4. The molecule has 0 spiro atoms. The number of ether oxygens (including phenoxy) is 1. The number of benzene rings is 1. The summed E-state index contributed by atoms with van der Waals surface area (Å²) in [7, 11) is 1.36. The number of Topliss-reactive ketones (excluding diaryl/α,β-unsaturated/α-hetero) is 1. The van der Waals surface area contributed by atoms with Gasteiger partial charge in [0.05, 0.1) is 23.6 Å². The van der Waals surface area contributed by atoms with Gasteiger partial charge in [0.25, 0.3) is 0 Å². The van der Waals surface area contributed by atoms with Crippen molar-refractivity contribution >= 4 is 21.7 Å². The van der Waals surface area contributed by atoms with Crippen LogP contribution in [0.15, 0.2) is 12.1 Å². The van der Waals surface area contributed by atoms with Crippen molar-refractivity contribution in [2.75, 3.05) is 12.4 Å². The fraction of sp³-hybridized carbons (Fsp3) is 0.200. The van der Waals surface area contributed by atoms with Crippen molar-refractivity contribution in [3.63, 3.8) is 0 Å². The number of nitriles is 1. The number of methoxy groups -OCH3 is 1. The van der Waals surface area contributed by atoms with Crippen molar-refractivity contribution in [2.45, 2.75) is 0 Å². The molecule has 0 amide bonds. The first kappa shape index (κ1) is 11.7. The maximum absolute atomic E-state index is 13.3. The zero-order valence-electron chi connectivity index (χ0n) is 7.88. The SMILES string of the molecule is COc1cc(C(=O)CBr)c(F)cc1C#N. The van der Waals surface area contributed by atoms with E-state index in [-0.39, 0.29) is 22.2 Å². The second-order valence-electron chi connectivity index (χ2n) is 2.70. The molecule has 0 fully saturated rings. The highest BCUT2D eigenvalue weighted by Gasteiger charge is 2.15. The van der Waals surface area contributed by atoms with Gasteiger partial charge in [0.2, 0.25) is 0 Å². The summed E-state index contributed by atoms with van der Waals surface area (Å²) in [5.74, 6) is -0.907. The van der Waals surface area contributed by atoms with Gasteiger partial charge in [-0.25, -0.2) is 4.39 Å². The molecule has 0 saturated carbocycles. The fourth-order valence-corrected chi connectivity index (χ4v) is 1.40. The van der Waals surface area contributed by atoms with Gasteiger partial charge in [0.15, 0.2) is 5.78 Å². The molecule has 5 heteroatoms. The molecule has 1 aromatic rings. The summed E-state index contributed by atoms with van der Waals surface area (Å²) in [5.41, 5.74) is -0.0103. The molecule has 0 radical (unpaired) electrons. The Hall–Kier alpha value is -1.41. The summed E-state index contributed by atoms with van der Waals surface area (Å²) in [4.78, 5) is 11.3.